The van der Waals surface area contributed by atoms with E-state index in [-0.39, 0.29) is 0 Å². The van der Waals surface area contributed by atoms with Gasteiger partial charge in [0.15, 0.2) is 0 Å². The topological polar surface area (TPSA) is 33.1 Å². The SMILES string of the molecule is CC1CSCC1(O)c1scnc1Br. The number of halogens is 1. The zero-order chi connectivity index (χ0) is 9.47. The predicted molar refractivity (Wildman–Crippen MR) is 60.2 cm³/mol. The Balaban J connectivity index is 2.39. The average molecular weight is 280 g/mol. The first-order valence-corrected chi connectivity index (χ1v) is 6.87. The van der Waals surface area contributed by atoms with Gasteiger partial charge in [0.2, 0.25) is 0 Å². The van der Waals surface area contributed by atoms with Gasteiger partial charge in [-0.1, -0.05) is 6.92 Å². The molecule has 1 aromatic rings. The molecule has 0 spiro atoms. The Kier molecular flexibility index (Phi) is 2.70. The van der Waals surface area contributed by atoms with Gasteiger partial charge in [-0.2, -0.15) is 11.8 Å². The molecule has 2 unspecified atom stereocenters. The molecule has 1 aliphatic heterocycles. The van der Waals surface area contributed by atoms with E-state index in [2.05, 4.69) is 27.8 Å². The summed E-state index contributed by atoms with van der Waals surface area (Å²) in [5.74, 6) is 2.13. The van der Waals surface area contributed by atoms with E-state index in [0.717, 1.165) is 21.0 Å². The van der Waals surface area contributed by atoms with Gasteiger partial charge in [0, 0.05) is 5.75 Å². The van der Waals surface area contributed by atoms with Crippen molar-refractivity contribution >= 4 is 39.0 Å². The number of thiazole rings is 1. The summed E-state index contributed by atoms with van der Waals surface area (Å²) in [7, 11) is 0. The molecule has 0 aliphatic carbocycles. The third-order valence-corrected chi connectivity index (χ3v) is 5.66. The third-order valence-electron chi connectivity index (χ3n) is 2.42. The first kappa shape index (κ1) is 9.96. The highest BCUT2D eigenvalue weighted by atomic mass is 79.9. The summed E-state index contributed by atoms with van der Waals surface area (Å²) in [6.07, 6.45) is 0. The van der Waals surface area contributed by atoms with Gasteiger partial charge in [0.05, 0.1) is 10.4 Å². The molecular formula is C8H10BrNOS2. The van der Waals surface area contributed by atoms with Crippen LogP contribution in [0.25, 0.3) is 0 Å². The molecule has 72 valence electrons. The smallest absolute Gasteiger partial charge is 0.123 e. The second kappa shape index (κ2) is 3.53. The van der Waals surface area contributed by atoms with E-state index in [1.54, 1.807) is 17.3 Å². The van der Waals surface area contributed by atoms with Crippen LogP contribution in [0.3, 0.4) is 0 Å². The van der Waals surface area contributed by atoms with Gasteiger partial charge in [0.25, 0.3) is 0 Å². The fraction of sp³-hybridized carbons (Fsp3) is 0.625. The largest absolute Gasteiger partial charge is 0.383 e. The average Bonchev–Trinajstić information content (AvgIpc) is 2.62. The van der Waals surface area contributed by atoms with Crippen LogP contribution in [-0.4, -0.2) is 21.6 Å². The summed E-state index contributed by atoms with van der Waals surface area (Å²) in [5, 5.41) is 10.4. The van der Waals surface area contributed by atoms with E-state index < -0.39 is 5.60 Å². The highest BCUT2D eigenvalue weighted by molar-refractivity contribution is 9.10. The van der Waals surface area contributed by atoms with E-state index in [9.17, 15) is 5.11 Å². The summed E-state index contributed by atoms with van der Waals surface area (Å²) in [4.78, 5) is 5.08. The van der Waals surface area contributed by atoms with Gasteiger partial charge < -0.3 is 5.11 Å². The molecule has 0 radical (unpaired) electrons. The van der Waals surface area contributed by atoms with Crippen molar-refractivity contribution in [3.8, 4) is 0 Å². The number of aromatic nitrogens is 1. The van der Waals surface area contributed by atoms with Crippen LogP contribution in [-0.2, 0) is 5.60 Å². The lowest BCUT2D eigenvalue weighted by atomic mass is 9.91. The van der Waals surface area contributed by atoms with Crippen LogP contribution < -0.4 is 0 Å². The van der Waals surface area contributed by atoms with Crippen molar-refractivity contribution in [2.24, 2.45) is 5.92 Å². The Labute approximate surface area is 93.9 Å². The molecule has 13 heavy (non-hydrogen) atoms. The lowest BCUT2D eigenvalue weighted by Gasteiger charge is -2.25. The van der Waals surface area contributed by atoms with Crippen molar-refractivity contribution in [2.45, 2.75) is 12.5 Å². The molecule has 1 aromatic heterocycles. The quantitative estimate of drug-likeness (QED) is 0.858. The predicted octanol–water partition coefficient (Wildman–Crippen LogP) is 2.48. The maximum atomic E-state index is 10.4. The monoisotopic (exact) mass is 279 g/mol. The fourth-order valence-corrected chi connectivity index (χ4v) is 4.81. The van der Waals surface area contributed by atoms with Crippen molar-refractivity contribution in [3.63, 3.8) is 0 Å². The van der Waals surface area contributed by atoms with E-state index in [0.29, 0.717) is 5.92 Å². The van der Waals surface area contributed by atoms with Gasteiger partial charge in [-0.05, 0) is 27.6 Å². The third kappa shape index (κ3) is 1.56. The van der Waals surface area contributed by atoms with Crippen molar-refractivity contribution in [1.82, 2.24) is 4.98 Å². The minimum absolute atomic E-state index is 0.314. The zero-order valence-electron chi connectivity index (χ0n) is 7.16. The molecule has 0 amide bonds. The second-order valence-corrected chi connectivity index (χ2v) is 5.95. The minimum atomic E-state index is -0.662. The molecule has 2 nitrogen and oxygen atoms in total. The van der Waals surface area contributed by atoms with Gasteiger partial charge in [-0.25, -0.2) is 4.98 Å². The molecule has 0 saturated carbocycles. The van der Waals surface area contributed by atoms with Gasteiger partial charge in [-0.3, -0.25) is 0 Å². The summed E-state index contributed by atoms with van der Waals surface area (Å²) >= 11 is 6.70. The first-order valence-electron chi connectivity index (χ1n) is 4.04. The van der Waals surface area contributed by atoms with Crippen molar-refractivity contribution in [1.29, 1.82) is 0 Å². The maximum Gasteiger partial charge on any atom is 0.123 e. The lowest BCUT2D eigenvalue weighted by Crippen LogP contribution is -2.31. The number of hydrogen-bond donors (Lipinski definition) is 1. The standard InChI is InChI=1S/C8H10BrNOS2/c1-5-2-12-3-8(5,11)6-7(9)10-4-13-6/h4-5,11H,2-3H2,1H3. The Morgan fingerprint density at radius 2 is 2.54 bits per heavy atom. The summed E-state index contributed by atoms with van der Waals surface area (Å²) in [5.41, 5.74) is 1.11. The molecular weight excluding hydrogens is 270 g/mol. The summed E-state index contributed by atoms with van der Waals surface area (Å²) in [6, 6.07) is 0. The fourth-order valence-electron chi connectivity index (χ4n) is 1.47. The maximum absolute atomic E-state index is 10.4. The van der Waals surface area contributed by atoms with Gasteiger partial charge in [0.1, 0.15) is 10.2 Å². The Bertz CT molecular complexity index is 317. The van der Waals surface area contributed by atoms with Crippen LogP contribution in [0.4, 0.5) is 0 Å². The molecule has 2 rings (SSSR count). The normalized spacial score (nSPS) is 33.9. The Morgan fingerprint density at radius 3 is 3.00 bits per heavy atom. The molecule has 1 aliphatic rings. The number of aliphatic hydroxyl groups is 1. The Morgan fingerprint density at radius 1 is 1.77 bits per heavy atom. The molecule has 5 heteroatoms. The molecule has 0 aromatic carbocycles. The lowest BCUT2D eigenvalue weighted by molar-refractivity contribution is 0.0262. The van der Waals surface area contributed by atoms with Gasteiger partial charge >= 0.3 is 0 Å². The van der Waals surface area contributed by atoms with E-state index in [1.807, 2.05) is 0 Å². The van der Waals surface area contributed by atoms with Crippen LogP contribution in [0.5, 0.6) is 0 Å². The molecule has 1 N–H and O–H groups in total. The molecule has 0 bridgehead atoms. The molecule has 2 heterocycles. The zero-order valence-corrected chi connectivity index (χ0v) is 10.4. The van der Waals surface area contributed by atoms with E-state index in [1.165, 1.54) is 11.3 Å². The van der Waals surface area contributed by atoms with Crippen molar-refractivity contribution in [2.75, 3.05) is 11.5 Å². The summed E-state index contributed by atoms with van der Waals surface area (Å²) in [6.45, 7) is 2.09. The van der Waals surface area contributed by atoms with Crippen molar-refractivity contribution in [3.05, 3.63) is 15.0 Å². The molecule has 2 atom stereocenters. The number of hydrogen-bond acceptors (Lipinski definition) is 4. The Hall–Kier alpha value is 0.420. The minimum Gasteiger partial charge on any atom is -0.383 e. The molecule has 1 fully saturated rings. The highest BCUT2D eigenvalue weighted by Crippen LogP contribution is 2.45. The number of nitrogens with zero attached hydrogens (tertiary/aromatic N) is 1. The van der Waals surface area contributed by atoms with Crippen LogP contribution in [0.2, 0.25) is 0 Å². The first-order chi connectivity index (χ1) is 6.14. The van der Waals surface area contributed by atoms with E-state index >= 15 is 0 Å². The van der Waals surface area contributed by atoms with Crippen LogP contribution in [0.15, 0.2) is 10.1 Å². The highest BCUT2D eigenvalue weighted by Gasteiger charge is 2.43. The van der Waals surface area contributed by atoms with E-state index in [4.69, 9.17) is 0 Å². The van der Waals surface area contributed by atoms with Crippen LogP contribution >= 0.6 is 39.0 Å². The van der Waals surface area contributed by atoms with Crippen molar-refractivity contribution < 1.29 is 5.11 Å². The second-order valence-electron chi connectivity index (χ2n) is 3.31. The summed E-state index contributed by atoms with van der Waals surface area (Å²) < 4.78 is 0.800. The number of rotatable bonds is 1. The number of thioether (sulfide) groups is 1. The molecule has 1 saturated heterocycles. The van der Waals surface area contributed by atoms with Crippen LogP contribution in [0.1, 0.15) is 11.8 Å². The van der Waals surface area contributed by atoms with Crippen LogP contribution in [0, 0.1) is 5.92 Å². The van der Waals surface area contributed by atoms with Gasteiger partial charge in [-0.15, -0.1) is 11.3 Å².